The van der Waals surface area contributed by atoms with Gasteiger partial charge in [0.25, 0.3) is 0 Å². The Morgan fingerprint density at radius 3 is 2.48 bits per heavy atom. The van der Waals surface area contributed by atoms with Gasteiger partial charge in [0, 0.05) is 32.2 Å². The predicted octanol–water partition coefficient (Wildman–Crippen LogP) is 1.86. The number of anilines is 2. The first-order valence-corrected chi connectivity index (χ1v) is 7.70. The number of aromatic nitrogens is 5. The monoisotopic (exact) mass is 349 g/mol. The van der Waals surface area contributed by atoms with E-state index in [0.29, 0.717) is 32.0 Å². The molecule has 1 aliphatic rings. The zero-order valence-corrected chi connectivity index (χ0v) is 13.1. The number of nitrogens with zero attached hydrogens (tertiary/aromatic N) is 7. The molecule has 0 saturated carbocycles. The molecule has 0 radical (unpaired) electrons. The Morgan fingerprint density at radius 1 is 0.960 bits per heavy atom. The molecular formula is C15H14F3N7. The number of pyridine rings is 1. The standard InChI is InChI=1S/C15H14F3N7/c16-15(17,18)11-8-13(20-9-19-11)23-4-6-24(7-5-23)14-3-1-2-12-22-21-10-25(12)14/h1-3,8-10H,4-7H2. The molecule has 0 bridgehead atoms. The summed E-state index contributed by atoms with van der Waals surface area (Å²) < 4.78 is 40.3. The molecule has 7 nitrogen and oxygen atoms in total. The molecule has 0 amide bonds. The molecule has 1 aliphatic heterocycles. The lowest BCUT2D eigenvalue weighted by molar-refractivity contribution is -0.141. The smallest absolute Gasteiger partial charge is 0.354 e. The molecular weight excluding hydrogens is 335 g/mol. The van der Waals surface area contributed by atoms with Gasteiger partial charge in [-0.05, 0) is 12.1 Å². The van der Waals surface area contributed by atoms with Crippen LogP contribution in [0.4, 0.5) is 24.8 Å². The molecule has 1 saturated heterocycles. The van der Waals surface area contributed by atoms with Gasteiger partial charge in [-0.25, -0.2) is 9.97 Å². The highest BCUT2D eigenvalue weighted by Crippen LogP contribution is 2.29. The van der Waals surface area contributed by atoms with E-state index in [1.807, 2.05) is 27.5 Å². The van der Waals surface area contributed by atoms with Crippen LogP contribution in [0.2, 0.25) is 0 Å². The minimum atomic E-state index is -4.47. The van der Waals surface area contributed by atoms with E-state index in [2.05, 4.69) is 25.1 Å². The van der Waals surface area contributed by atoms with Crippen LogP contribution in [0.3, 0.4) is 0 Å². The molecule has 4 heterocycles. The fourth-order valence-corrected chi connectivity index (χ4v) is 2.93. The highest BCUT2D eigenvalue weighted by Gasteiger charge is 2.33. The third-order valence-electron chi connectivity index (χ3n) is 4.18. The van der Waals surface area contributed by atoms with Gasteiger partial charge in [-0.2, -0.15) is 13.2 Å². The van der Waals surface area contributed by atoms with Crippen molar-refractivity contribution in [3.8, 4) is 0 Å². The maximum absolute atomic E-state index is 12.8. The van der Waals surface area contributed by atoms with Gasteiger partial charge >= 0.3 is 6.18 Å². The highest BCUT2D eigenvalue weighted by molar-refractivity contribution is 5.52. The normalized spacial score (nSPS) is 15.8. The maximum atomic E-state index is 12.8. The van der Waals surface area contributed by atoms with E-state index in [1.165, 1.54) is 0 Å². The minimum Gasteiger partial charge on any atom is -0.354 e. The summed E-state index contributed by atoms with van der Waals surface area (Å²) in [5.74, 6) is 1.25. The fourth-order valence-electron chi connectivity index (χ4n) is 2.93. The summed E-state index contributed by atoms with van der Waals surface area (Å²) in [6.45, 7) is 2.44. The summed E-state index contributed by atoms with van der Waals surface area (Å²) in [4.78, 5) is 11.3. The summed E-state index contributed by atoms with van der Waals surface area (Å²) in [6.07, 6.45) is -1.86. The lowest BCUT2D eigenvalue weighted by Gasteiger charge is -2.36. The Morgan fingerprint density at radius 2 is 1.72 bits per heavy atom. The van der Waals surface area contributed by atoms with E-state index in [0.717, 1.165) is 23.9 Å². The Bertz CT molecular complexity index is 884. The van der Waals surface area contributed by atoms with Gasteiger partial charge in [-0.3, -0.25) is 4.40 Å². The number of piperazine rings is 1. The number of alkyl halides is 3. The minimum absolute atomic E-state index is 0.296. The first kappa shape index (κ1) is 15.6. The molecule has 0 unspecified atom stereocenters. The van der Waals surface area contributed by atoms with Crippen LogP contribution in [0.1, 0.15) is 5.69 Å². The molecule has 0 spiro atoms. The van der Waals surface area contributed by atoms with E-state index in [9.17, 15) is 13.2 Å². The van der Waals surface area contributed by atoms with Crippen molar-refractivity contribution in [2.45, 2.75) is 6.18 Å². The number of hydrogen-bond donors (Lipinski definition) is 0. The average molecular weight is 349 g/mol. The molecule has 0 aliphatic carbocycles. The van der Waals surface area contributed by atoms with Gasteiger partial charge in [0.1, 0.15) is 30.0 Å². The van der Waals surface area contributed by atoms with Crippen LogP contribution < -0.4 is 9.80 Å². The van der Waals surface area contributed by atoms with Crippen LogP contribution in [-0.2, 0) is 6.18 Å². The number of halogens is 3. The lowest BCUT2D eigenvalue weighted by Crippen LogP contribution is -2.47. The zero-order chi connectivity index (χ0) is 17.4. The second-order valence-corrected chi connectivity index (χ2v) is 5.68. The average Bonchev–Trinajstić information content (AvgIpc) is 3.10. The first-order chi connectivity index (χ1) is 12.0. The van der Waals surface area contributed by atoms with Crippen molar-refractivity contribution >= 4 is 17.3 Å². The second kappa shape index (κ2) is 5.87. The van der Waals surface area contributed by atoms with Crippen molar-refractivity contribution in [3.63, 3.8) is 0 Å². The number of rotatable bonds is 2. The van der Waals surface area contributed by atoms with E-state index in [-0.39, 0.29) is 0 Å². The Kier molecular flexibility index (Phi) is 3.66. The molecule has 25 heavy (non-hydrogen) atoms. The quantitative estimate of drug-likeness (QED) is 0.704. The van der Waals surface area contributed by atoms with Crippen molar-refractivity contribution in [1.82, 2.24) is 24.6 Å². The van der Waals surface area contributed by atoms with Crippen LogP contribution in [0.5, 0.6) is 0 Å². The van der Waals surface area contributed by atoms with Gasteiger partial charge in [-0.1, -0.05) is 6.07 Å². The summed E-state index contributed by atoms with van der Waals surface area (Å²) in [5.41, 5.74) is -0.167. The van der Waals surface area contributed by atoms with Crippen molar-refractivity contribution in [1.29, 1.82) is 0 Å². The van der Waals surface area contributed by atoms with Crippen molar-refractivity contribution < 1.29 is 13.2 Å². The van der Waals surface area contributed by atoms with E-state index in [4.69, 9.17) is 0 Å². The molecule has 0 aromatic carbocycles. The maximum Gasteiger partial charge on any atom is 0.433 e. The van der Waals surface area contributed by atoms with Crippen molar-refractivity contribution in [3.05, 3.63) is 42.6 Å². The molecule has 3 aromatic rings. The van der Waals surface area contributed by atoms with E-state index >= 15 is 0 Å². The number of hydrogen-bond acceptors (Lipinski definition) is 6. The van der Waals surface area contributed by atoms with Gasteiger partial charge < -0.3 is 9.80 Å². The van der Waals surface area contributed by atoms with Gasteiger partial charge in [0.05, 0.1) is 0 Å². The van der Waals surface area contributed by atoms with Crippen LogP contribution in [0.25, 0.3) is 5.65 Å². The third-order valence-corrected chi connectivity index (χ3v) is 4.18. The fraction of sp³-hybridized carbons (Fsp3) is 0.333. The van der Waals surface area contributed by atoms with Crippen LogP contribution in [0.15, 0.2) is 36.9 Å². The van der Waals surface area contributed by atoms with Crippen LogP contribution in [0, 0.1) is 0 Å². The SMILES string of the molecule is FC(F)(F)c1cc(N2CCN(c3cccc4nncn34)CC2)ncn1. The van der Waals surface area contributed by atoms with E-state index in [1.54, 1.807) is 6.33 Å². The molecule has 0 atom stereocenters. The summed E-state index contributed by atoms with van der Waals surface area (Å²) in [6, 6.07) is 6.74. The second-order valence-electron chi connectivity index (χ2n) is 5.68. The molecule has 1 fully saturated rings. The topological polar surface area (TPSA) is 62.5 Å². The highest BCUT2D eigenvalue weighted by atomic mass is 19.4. The molecule has 4 rings (SSSR count). The first-order valence-electron chi connectivity index (χ1n) is 7.70. The third kappa shape index (κ3) is 2.94. The molecule has 3 aromatic heterocycles. The zero-order valence-electron chi connectivity index (χ0n) is 13.1. The summed E-state index contributed by atoms with van der Waals surface area (Å²) in [7, 11) is 0. The lowest BCUT2D eigenvalue weighted by atomic mass is 10.2. The van der Waals surface area contributed by atoms with Gasteiger partial charge in [0.2, 0.25) is 0 Å². The molecule has 10 heteroatoms. The number of fused-ring (bicyclic) bond motifs is 1. The Hall–Kier alpha value is -2.91. The van der Waals surface area contributed by atoms with Crippen LogP contribution >= 0.6 is 0 Å². The van der Waals surface area contributed by atoms with Gasteiger partial charge in [0.15, 0.2) is 5.65 Å². The van der Waals surface area contributed by atoms with Crippen molar-refractivity contribution in [2.75, 3.05) is 36.0 Å². The Labute approximate surface area is 140 Å². The predicted molar refractivity (Wildman–Crippen MR) is 84.4 cm³/mol. The largest absolute Gasteiger partial charge is 0.433 e. The Balaban J connectivity index is 1.51. The van der Waals surface area contributed by atoms with Crippen molar-refractivity contribution in [2.24, 2.45) is 0 Å². The van der Waals surface area contributed by atoms with Gasteiger partial charge in [-0.15, -0.1) is 10.2 Å². The molecule has 0 N–H and O–H groups in total. The molecule has 130 valence electrons. The summed E-state index contributed by atoms with van der Waals surface area (Å²) >= 11 is 0. The summed E-state index contributed by atoms with van der Waals surface area (Å²) in [5, 5.41) is 7.93. The van der Waals surface area contributed by atoms with Crippen LogP contribution in [-0.4, -0.2) is 50.7 Å². The van der Waals surface area contributed by atoms with E-state index < -0.39 is 11.9 Å².